The van der Waals surface area contributed by atoms with Gasteiger partial charge in [0, 0.05) is 23.4 Å². The highest BCUT2D eigenvalue weighted by atomic mass is 16.1. The first kappa shape index (κ1) is 13.0. The SMILES string of the molecule is Cc1cc2ncc3c(n2n1)CC(=O)C(c1ccccc1C)=C3. The van der Waals surface area contributed by atoms with Gasteiger partial charge in [0.15, 0.2) is 11.4 Å². The second-order valence-corrected chi connectivity index (χ2v) is 5.69. The number of hydrogen-bond donors (Lipinski definition) is 0. The minimum absolute atomic E-state index is 0.127. The van der Waals surface area contributed by atoms with Crippen LogP contribution < -0.4 is 0 Å². The number of carbonyl (C=O) groups is 1. The Hall–Kier alpha value is -2.75. The molecule has 0 saturated carbocycles. The highest BCUT2D eigenvalue weighted by Gasteiger charge is 2.23. The average Bonchev–Trinajstić information content (AvgIpc) is 2.88. The van der Waals surface area contributed by atoms with E-state index in [9.17, 15) is 4.79 Å². The van der Waals surface area contributed by atoms with Gasteiger partial charge in [0.1, 0.15) is 0 Å². The number of allylic oxidation sites excluding steroid dienone is 1. The summed E-state index contributed by atoms with van der Waals surface area (Å²) in [7, 11) is 0. The molecule has 22 heavy (non-hydrogen) atoms. The van der Waals surface area contributed by atoms with Gasteiger partial charge < -0.3 is 0 Å². The zero-order valence-electron chi connectivity index (χ0n) is 12.5. The second-order valence-electron chi connectivity index (χ2n) is 5.69. The maximum atomic E-state index is 12.6. The van der Waals surface area contributed by atoms with Crippen molar-refractivity contribution in [3.8, 4) is 0 Å². The van der Waals surface area contributed by atoms with E-state index in [0.717, 1.165) is 39.3 Å². The first-order chi connectivity index (χ1) is 10.6. The lowest BCUT2D eigenvalue weighted by molar-refractivity contribution is -0.113. The summed E-state index contributed by atoms with van der Waals surface area (Å²) in [5.41, 5.74) is 6.44. The van der Waals surface area contributed by atoms with E-state index >= 15 is 0 Å². The number of aromatic nitrogens is 3. The van der Waals surface area contributed by atoms with E-state index in [2.05, 4.69) is 10.1 Å². The van der Waals surface area contributed by atoms with E-state index in [0.29, 0.717) is 6.42 Å². The van der Waals surface area contributed by atoms with Gasteiger partial charge in [-0.3, -0.25) is 4.79 Å². The lowest BCUT2D eigenvalue weighted by Gasteiger charge is -2.17. The standard InChI is InChI=1S/C18H15N3O/c1-11-5-3-4-6-14(11)15-8-13-10-19-18-7-12(2)20-21(18)16(13)9-17(15)22/h3-8,10H,9H2,1-2H3. The maximum Gasteiger partial charge on any atom is 0.169 e. The van der Waals surface area contributed by atoms with E-state index in [4.69, 9.17) is 0 Å². The highest BCUT2D eigenvalue weighted by molar-refractivity contribution is 6.27. The molecule has 108 valence electrons. The van der Waals surface area contributed by atoms with Crippen LogP contribution in [0.5, 0.6) is 0 Å². The zero-order valence-corrected chi connectivity index (χ0v) is 12.5. The summed E-state index contributed by atoms with van der Waals surface area (Å²) in [5.74, 6) is 0.127. The van der Waals surface area contributed by atoms with E-state index in [-0.39, 0.29) is 5.78 Å². The molecule has 2 aromatic heterocycles. The molecule has 4 nitrogen and oxygen atoms in total. The van der Waals surface area contributed by atoms with Gasteiger partial charge in [-0.1, -0.05) is 24.3 Å². The van der Waals surface area contributed by atoms with Crippen LogP contribution in [0, 0.1) is 13.8 Å². The van der Waals surface area contributed by atoms with Gasteiger partial charge >= 0.3 is 0 Å². The topological polar surface area (TPSA) is 47.3 Å². The van der Waals surface area contributed by atoms with Gasteiger partial charge in [-0.2, -0.15) is 5.10 Å². The third-order valence-electron chi connectivity index (χ3n) is 4.10. The fourth-order valence-corrected chi connectivity index (χ4v) is 2.99. The molecule has 0 fully saturated rings. The molecule has 1 aromatic carbocycles. The Labute approximate surface area is 128 Å². The van der Waals surface area contributed by atoms with Crippen LogP contribution in [0.2, 0.25) is 0 Å². The van der Waals surface area contributed by atoms with Crippen LogP contribution >= 0.6 is 0 Å². The molecule has 0 aliphatic heterocycles. The van der Waals surface area contributed by atoms with Crippen molar-refractivity contribution in [2.75, 3.05) is 0 Å². The fraction of sp³-hybridized carbons (Fsp3) is 0.167. The molecule has 0 unspecified atom stereocenters. The number of fused-ring (bicyclic) bond motifs is 3. The quantitative estimate of drug-likeness (QED) is 0.692. The molecule has 0 radical (unpaired) electrons. The number of ketones is 1. The van der Waals surface area contributed by atoms with Crippen molar-refractivity contribution in [1.82, 2.24) is 14.6 Å². The van der Waals surface area contributed by atoms with Crippen LogP contribution in [-0.4, -0.2) is 20.4 Å². The molecule has 0 spiro atoms. The minimum atomic E-state index is 0.127. The van der Waals surface area contributed by atoms with Crippen molar-refractivity contribution < 1.29 is 4.79 Å². The Bertz CT molecular complexity index is 950. The zero-order chi connectivity index (χ0) is 15.3. The summed E-state index contributed by atoms with van der Waals surface area (Å²) in [5, 5.41) is 4.45. The molecular weight excluding hydrogens is 274 g/mol. The molecule has 0 N–H and O–H groups in total. The molecule has 4 rings (SSSR count). The van der Waals surface area contributed by atoms with Gasteiger partial charge in [-0.15, -0.1) is 0 Å². The molecular formula is C18H15N3O. The first-order valence-electron chi connectivity index (χ1n) is 7.28. The lowest BCUT2D eigenvalue weighted by Crippen LogP contribution is -2.16. The number of rotatable bonds is 1. The summed E-state index contributed by atoms with van der Waals surface area (Å²) in [6, 6.07) is 9.89. The molecule has 1 aliphatic carbocycles. The normalized spacial score (nSPS) is 14.1. The first-order valence-corrected chi connectivity index (χ1v) is 7.28. The average molecular weight is 289 g/mol. The predicted molar refractivity (Wildman–Crippen MR) is 85.5 cm³/mol. The lowest BCUT2D eigenvalue weighted by atomic mass is 9.89. The fourth-order valence-electron chi connectivity index (χ4n) is 2.99. The van der Waals surface area contributed by atoms with Gasteiger partial charge in [0.25, 0.3) is 0 Å². The summed E-state index contributed by atoms with van der Waals surface area (Å²) < 4.78 is 1.79. The largest absolute Gasteiger partial charge is 0.294 e. The molecule has 0 amide bonds. The molecule has 0 saturated heterocycles. The molecule has 4 heteroatoms. The third-order valence-corrected chi connectivity index (χ3v) is 4.10. The monoisotopic (exact) mass is 289 g/mol. The number of nitrogens with zero attached hydrogens (tertiary/aromatic N) is 3. The Morgan fingerprint density at radius 2 is 2.00 bits per heavy atom. The number of carbonyl (C=O) groups excluding carboxylic acids is 1. The van der Waals surface area contributed by atoms with Crippen molar-refractivity contribution in [3.63, 3.8) is 0 Å². The van der Waals surface area contributed by atoms with Crippen molar-refractivity contribution in [2.24, 2.45) is 0 Å². The summed E-state index contributed by atoms with van der Waals surface area (Å²) in [6.45, 7) is 3.96. The Morgan fingerprint density at radius 3 is 2.82 bits per heavy atom. The smallest absolute Gasteiger partial charge is 0.169 e. The Kier molecular flexibility index (Phi) is 2.73. The van der Waals surface area contributed by atoms with Crippen molar-refractivity contribution in [1.29, 1.82) is 0 Å². The number of aryl methyl sites for hydroxylation is 2. The van der Waals surface area contributed by atoms with Crippen molar-refractivity contribution in [2.45, 2.75) is 20.3 Å². The van der Waals surface area contributed by atoms with Crippen LogP contribution in [0.3, 0.4) is 0 Å². The van der Waals surface area contributed by atoms with E-state index < -0.39 is 0 Å². The maximum absolute atomic E-state index is 12.6. The van der Waals surface area contributed by atoms with E-state index in [1.165, 1.54) is 0 Å². The van der Waals surface area contributed by atoms with Gasteiger partial charge in [0.2, 0.25) is 0 Å². The van der Waals surface area contributed by atoms with E-state index in [1.54, 1.807) is 4.52 Å². The molecule has 0 bridgehead atoms. The van der Waals surface area contributed by atoms with Crippen LogP contribution in [0.25, 0.3) is 17.3 Å². The molecule has 0 atom stereocenters. The molecule has 1 aliphatic rings. The van der Waals surface area contributed by atoms with Crippen LogP contribution in [0.4, 0.5) is 0 Å². The summed E-state index contributed by atoms with van der Waals surface area (Å²) in [4.78, 5) is 17.1. The second kappa shape index (κ2) is 4.63. The van der Waals surface area contributed by atoms with Gasteiger partial charge in [-0.05, 0) is 31.1 Å². The van der Waals surface area contributed by atoms with Crippen LogP contribution in [0.15, 0.2) is 36.5 Å². The third kappa shape index (κ3) is 1.88. The van der Waals surface area contributed by atoms with Crippen molar-refractivity contribution >= 4 is 23.1 Å². The Morgan fingerprint density at radius 1 is 1.18 bits per heavy atom. The molecule has 3 aromatic rings. The summed E-state index contributed by atoms with van der Waals surface area (Å²) in [6.07, 6.45) is 4.12. The predicted octanol–water partition coefficient (Wildman–Crippen LogP) is 3.01. The Balaban J connectivity index is 1.94. The van der Waals surface area contributed by atoms with Gasteiger partial charge in [-0.25, -0.2) is 9.50 Å². The van der Waals surface area contributed by atoms with E-state index in [1.807, 2.05) is 56.5 Å². The minimum Gasteiger partial charge on any atom is -0.294 e. The number of benzene rings is 1. The van der Waals surface area contributed by atoms with Crippen molar-refractivity contribution in [3.05, 3.63) is 64.6 Å². The summed E-state index contributed by atoms with van der Waals surface area (Å²) >= 11 is 0. The van der Waals surface area contributed by atoms with Crippen LogP contribution in [-0.2, 0) is 11.2 Å². The number of hydrogen-bond acceptors (Lipinski definition) is 3. The molecule has 2 heterocycles. The number of Topliss-reactive ketones (excluding diaryl/α,β-unsaturated/α-hetero) is 1. The highest BCUT2D eigenvalue weighted by Crippen LogP contribution is 2.29. The van der Waals surface area contributed by atoms with Crippen LogP contribution in [0.1, 0.15) is 28.1 Å². The van der Waals surface area contributed by atoms with Gasteiger partial charge in [0.05, 0.1) is 17.8 Å².